The number of anilines is 3. The molecule has 0 amide bonds. The van der Waals surface area contributed by atoms with Gasteiger partial charge in [-0.15, -0.1) is 0 Å². The van der Waals surface area contributed by atoms with Gasteiger partial charge < -0.3 is 10.2 Å². The molecule has 0 bridgehead atoms. The van der Waals surface area contributed by atoms with E-state index in [1.54, 1.807) is 0 Å². The van der Waals surface area contributed by atoms with Gasteiger partial charge in [-0.3, -0.25) is 0 Å². The summed E-state index contributed by atoms with van der Waals surface area (Å²) >= 11 is 0. The summed E-state index contributed by atoms with van der Waals surface area (Å²) < 4.78 is 0. The van der Waals surface area contributed by atoms with Gasteiger partial charge in [-0.25, -0.2) is 0 Å². The van der Waals surface area contributed by atoms with Gasteiger partial charge in [0, 0.05) is 30.2 Å². The fraction of sp³-hybridized carbons (Fsp3) is 0.333. The third-order valence-corrected chi connectivity index (χ3v) is 4.08. The maximum absolute atomic E-state index is 3.52. The van der Waals surface area contributed by atoms with E-state index in [2.05, 4.69) is 66.5 Å². The molecule has 1 heterocycles. The Morgan fingerprint density at radius 3 is 2.65 bits per heavy atom. The van der Waals surface area contributed by atoms with Crippen LogP contribution in [0.15, 0.2) is 42.5 Å². The van der Waals surface area contributed by atoms with Gasteiger partial charge >= 0.3 is 0 Å². The zero-order valence-corrected chi connectivity index (χ0v) is 12.3. The molecular weight excluding hydrogens is 244 g/mol. The molecule has 0 saturated heterocycles. The van der Waals surface area contributed by atoms with Crippen LogP contribution in [0.3, 0.4) is 0 Å². The molecule has 20 heavy (non-hydrogen) atoms. The molecular formula is C18H22N2. The lowest BCUT2D eigenvalue weighted by molar-refractivity contribution is 0.824. The predicted octanol–water partition coefficient (Wildman–Crippen LogP) is 4.51. The van der Waals surface area contributed by atoms with E-state index >= 15 is 0 Å². The molecule has 3 rings (SSSR count). The molecule has 0 aliphatic carbocycles. The number of rotatable bonds is 3. The molecule has 0 aromatic heterocycles. The van der Waals surface area contributed by atoms with E-state index < -0.39 is 0 Å². The van der Waals surface area contributed by atoms with Crippen molar-refractivity contribution in [2.24, 2.45) is 0 Å². The largest absolute Gasteiger partial charge is 0.385 e. The van der Waals surface area contributed by atoms with Crippen molar-refractivity contribution < 1.29 is 0 Å². The topological polar surface area (TPSA) is 15.3 Å². The van der Waals surface area contributed by atoms with Gasteiger partial charge in [-0.05, 0) is 56.0 Å². The summed E-state index contributed by atoms with van der Waals surface area (Å²) in [6, 6.07) is 15.2. The van der Waals surface area contributed by atoms with Crippen LogP contribution in [-0.2, 0) is 6.42 Å². The van der Waals surface area contributed by atoms with E-state index in [1.165, 1.54) is 41.0 Å². The van der Waals surface area contributed by atoms with Crippen molar-refractivity contribution in [3.63, 3.8) is 0 Å². The third-order valence-electron chi connectivity index (χ3n) is 4.08. The maximum Gasteiger partial charge on any atom is 0.0464 e. The van der Waals surface area contributed by atoms with E-state index in [1.807, 2.05) is 0 Å². The molecule has 1 N–H and O–H groups in total. The Morgan fingerprint density at radius 1 is 1.05 bits per heavy atom. The molecule has 1 aliphatic heterocycles. The van der Waals surface area contributed by atoms with Crippen LogP contribution in [0, 0.1) is 6.92 Å². The summed E-state index contributed by atoms with van der Waals surface area (Å²) in [6.45, 7) is 6.49. The third kappa shape index (κ3) is 2.26. The Morgan fingerprint density at radius 2 is 1.85 bits per heavy atom. The maximum atomic E-state index is 3.52. The lowest BCUT2D eigenvalue weighted by Gasteiger charge is -2.30. The molecule has 1 aliphatic rings. The van der Waals surface area contributed by atoms with Crippen molar-refractivity contribution in [1.82, 2.24) is 0 Å². The van der Waals surface area contributed by atoms with Crippen LogP contribution in [0.1, 0.15) is 24.5 Å². The normalized spacial score (nSPS) is 13.5. The van der Waals surface area contributed by atoms with Gasteiger partial charge in [0.2, 0.25) is 0 Å². The molecule has 0 spiro atoms. The highest BCUT2D eigenvalue weighted by Gasteiger charge is 2.17. The van der Waals surface area contributed by atoms with Crippen LogP contribution >= 0.6 is 0 Å². The molecule has 2 nitrogen and oxygen atoms in total. The van der Waals surface area contributed by atoms with E-state index in [0.29, 0.717) is 0 Å². The van der Waals surface area contributed by atoms with Gasteiger partial charge in [0.05, 0.1) is 0 Å². The van der Waals surface area contributed by atoms with Crippen LogP contribution < -0.4 is 10.2 Å². The summed E-state index contributed by atoms with van der Waals surface area (Å²) in [5.41, 5.74) is 6.76. The van der Waals surface area contributed by atoms with Gasteiger partial charge in [0.1, 0.15) is 0 Å². The molecule has 0 atom stereocenters. The van der Waals surface area contributed by atoms with Crippen molar-refractivity contribution in [1.29, 1.82) is 0 Å². The number of fused-ring (bicyclic) bond motifs is 1. The first kappa shape index (κ1) is 13.0. The van der Waals surface area contributed by atoms with Crippen LogP contribution in [0.25, 0.3) is 0 Å². The first-order chi connectivity index (χ1) is 9.81. The van der Waals surface area contributed by atoms with Crippen molar-refractivity contribution in [3.05, 3.63) is 53.6 Å². The first-order valence-corrected chi connectivity index (χ1v) is 7.50. The van der Waals surface area contributed by atoms with Crippen molar-refractivity contribution in [2.45, 2.75) is 26.7 Å². The van der Waals surface area contributed by atoms with E-state index in [-0.39, 0.29) is 0 Å². The highest BCUT2D eigenvalue weighted by Crippen LogP contribution is 2.36. The Hall–Kier alpha value is -1.96. The number of para-hydroxylation sites is 1. The number of nitrogens with one attached hydrogen (secondary N) is 1. The van der Waals surface area contributed by atoms with Crippen LogP contribution in [-0.4, -0.2) is 13.1 Å². The molecule has 0 saturated carbocycles. The molecule has 0 fully saturated rings. The lowest BCUT2D eigenvalue weighted by Crippen LogP contribution is -2.21. The molecule has 2 aromatic rings. The van der Waals surface area contributed by atoms with Gasteiger partial charge in [-0.1, -0.05) is 24.3 Å². The van der Waals surface area contributed by atoms with Gasteiger partial charge in [-0.2, -0.15) is 0 Å². The fourth-order valence-corrected chi connectivity index (χ4v) is 3.08. The smallest absolute Gasteiger partial charge is 0.0464 e. The van der Waals surface area contributed by atoms with Gasteiger partial charge in [0.25, 0.3) is 0 Å². The average molecular weight is 266 g/mol. The Bertz CT molecular complexity index is 604. The average Bonchev–Trinajstić information content (AvgIpc) is 2.50. The van der Waals surface area contributed by atoms with E-state index in [0.717, 1.165) is 13.1 Å². The zero-order chi connectivity index (χ0) is 13.9. The summed E-state index contributed by atoms with van der Waals surface area (Å²) in [5.74, 6) is 0. The monoisotopic (exact) mass is 266 g/mol. The molecule has 2 heteroatoms. The van der Waals surface area contributed by atoms with Crippen LogP contribution in [0.4, 0.5) is 17.1 Å². The fourth-order valence-electron chi connectivity index (χ4n) is 3.08. The van der Waals surface area contributed by atoms with E-state index in [9.17, 15) is 0 Å². The Kier molecular flexibility index (Phi) is 3.64. The number of aryl methyl sites for hydroxylation is 1. The summed E-state index contributed by atoms with van der Waals surface area (Å²) in [7, 11) is 0. The highest BCUT2D eigenvalue weighted by molar-refractivity contribution is 5.74. The number of nitrogens with zero attached hydrogens (tertiary/aromatic N) is 1. The Labute approximate surface area is 121 Å². The van der Waals surface area contributed by atoms with E-state index in [4.69, 9.17) is 0 Å². The number of hydrogen-bond donors (Lipinski definition) is 1. The zero-order valence-electron chi connectivity index (χ0n) is 12.3. The molecule has 2 aromatic carbocycles. The minimum atomic E-state index is 0.987. The molecule has 0 unspecified atom stereocenters. The first-order valence-electron chi connectivity index (χ1n) is 7.50. The van der Waals surface area contributed by atoms with Crippen LogP contribution in [0.2, 0.25) is 0 Å². The number of hydrogen-bond acceptors (Lipinski definition) is 2. The van der Waals surface area contributed by atoms with Crippen molar-refractivity contribution >= 4 is 17.1 Å². The second-order valence-corrected chi connectivity index (χ2v) is 5.36. The summed E-state index contributed by atoms with van der Waals surface area (Å²) in [5, 5.41) is 3.52. The predicted molar refractivity (Wildman–Crippen MR) is 87.1 cm³/mol. The molecule has 0 radical (unpaired) electrons. The second kappa shape index (κ2) is 5.58. The Balaban J connectivity index is 2.09. The minimum absolute atomic E-state index is 0.987. The van der Waals surface area contributed by atoms with Crippen LogP contribution in [0.5, 0.6) is 0 Å². The SMILES string of the molecule is CCN(c1ccccc1C)c1cccc2c1CCCN2. The van der Waals surface area contributed by atoms with Gasteiger partial charge in [0.15, 0.2) is 0 Å². The highest BCUT2D eigenvalue weighted by atomic mass is 15.1. The van der Waals surface area contributed by atoms with Crippen molar-refractivity contribution in [2.75, 3.05) is 23.3 Å². The summed E-state index contributed by atoms with van der Waals surface area (Å²) in [4.78, 5) is 2.43. The lowest BCUT2D eigenvalue weighted by atomic mass is 10.00. The quantitative estimate of drug-likeness (QED) is 0.879. The summed E-state index contributed by atoms with van der Waals surface area (Å²) in [6.07, 6.45) is 2.39. The second-order valence-electron chi connectivity index (χ2n) is 5.36. The number of benzene rings is 2. The van der Waals surface area contributed by atoms with Crippen molar-refractivity contribution in [3.8, 4) is 0 Å². The minimum Gasteiger partial charge on any atom is -0.385 e. The molecule has 104 valence electrons. The standard InChI is InChI=1S/C18H22N2/c1-3-20(17-11-5-4-8-14(17)2)18-12-6-10-16-15(18)9-7-13-19-16/h4-6,8,10-12,19H,3,7,9,13H2,1-2H3.